The molecule has 2 aromatic rings. The van der Waals surface area contributed by atoms with E-state index >= 15 is 0 Å². The molecular weight excluding hydrogens is 235 g/mol. The van der Waals surface area contributed by atoms with E-state index in [0.717, 1.165) is 11.5 Å². The van der Waals surface area contributed by atoms with Crippen LogP contribution in [-0.4, -0.2) is 4.57 Å². The fraction of sp³-hybridized carbons (Fsp3) is 0.364. The van der Waals surface area contributed by atoms with Crippen molar-refractivity contribution in [1.29, 1.82) is 0 Å². The summed E-state index contributed by atoms with van der Waals surface area (Å²) < 4.78 is 44.9. The molecule has 0 saturated heterocycles. The Morgan fingerprint density at radius 1 is 1.29 bits per heavy atom. The first-order valence-corrected chi connectivity index (χ1v) is 4.90. The van der Waals surface area contributed by atoms with E-state index in [9.17, 15) is 18.0 Å². The van der Waals surface area contributed by atoms with Gasteiger partial charge in [0.1, 0.15) is 11.3 Å². The molecule has 0 aliphatic carbocycles. The average Bonchev–Trinajstić information content (AvgIpc) is 2.54. The molecule has 6 heteroatoms. The molecule has 2 heterocycles. The monoisotopic (exact) mass is 245 g/mol. The van der Waals surface area contributed by atoms with E-state index in [0.29, 0.717) is 5.76 Å². The van der Waals surface area contributed by atoms with Crippen LogP contribution in [-0.2, 0) is 13.2 Å². The number of rotatable bonds is 0. The summed E-state index contributed by atoms with van der Waals surface area (Å²) >= 11 is 0. The Balaban J connectivity index is 3.06. The van der Waals surface area contributed by atoms with Crippen LogP contribution in [0.1, 0.15) is 16.9 Å². The van der Waals surface area contributed by atoms with E-state index in [-0.39, 0.29) is 16.7 Å². The van der Waals surface area contributed by atoms with Crippen molar-refractivity contribution < 1.29 is 17.6 Å². The number of hydrogen-bond donors (Lipinski definition) is 0. The minimum Gasteiger partial charge on any atom is -0.459 e. The molecule has 2 rings (SSSR count). The third kappa shape index (κ3) is 1.64. The van der Waals surface area contributed by atoms with Gasteiger partial charge in [0, 0.05) is 18.7 Å². The molecule has 0 amide bonds. The summed E-state index contributed by atoms with van der Waals surface area (Å²) in [4.78, 5) is 11.7. The smallest absolute Gasteiger partial charge is 0.420 e. The Morgan fingerprint density at radius 3 is 2.41 bits per heavy atom. The summed E-state index contributed by atoms with van der Waals surface area (Å²) in [6, 6.07) is 1.42. The van der Waals surface area contributed by atoms with Gasteiger partial charge in [0.15, 0.2) is 5.58 Å². The minimum absolute atomic E-state index is 0.158. The Morgan fingerprint density at radius 2 is 1.88 bits per heavy atom. The number of alkyl halides is 3. The first-order valence-electron chi connectivity index (χ1n) is 4.90. The van der Waals surface area contributed by atoms with Crippen molar-refractivity contribution in [1.82, 2.24) is 4.57 Å². The topological polar surface area (TPSA) is 35.1 Å². The van der Waals surface area contributed by atoms with Crippen LogP contribution < -0.4 is 5.56 Å². The number of nitrogens with zero attached hydrogens (tertiary/aromatic N) is 1. The highest BCUT2D eigenvalue weighted by atomic mass is 19.4. The van der Waals surface area contributed by atoms with Crippen molar-refractivity contribution in [2.45, 2.75) is 20.0 Å². The van der Waals surface area contributed by atoms with Crippen LogP contribution in [0.2, 0.25) is 0 Å². The number of fused-ring (bicyclic) bond motifs is 1. The van der Waals surface area contributed by atoms with Gasteiger partial charge in [-0.1, -0.05) is 0 Å². The second-order valence-corrected chi connectivity index (χ2v) is 3.93. The van der Waals surface area contributed by atoms with Gasteiger partial charge in [-0.2, -0.15) is 13.2 Å². The number of aromatic nitrogens is 1. The molecule has 3 nitrogen and oxygen atoms in total. The number of pyridine rings is 1. The lowest BCUT2D eigenvalue weighted by molar-refractivity contribution is -0.137. The molecule has 0 atom stereocenters. The summed E-state index contributed by atoms with van der Waals surface area (Å²) in [7, 11) is 1.42. The van der Waals surface area contributed by atoms with Crippen LogP contribution >= 0.6 is 0 Å². The summed E-state index contributed by atoms with van der Waals surface area (Å²) in [5.74, 6) is 0.339. The number of halogens is 3. The molecular formula is C11H10F3NO2. The van der Waals surface area contributed by atoms with Crippen LogP contribution in [0.4, 0.5) is 13.2 Å². The van der Waals surface area contributed by atoms with Crippen LogP contribution in [0.15, 0.2) is 15.3 Å². The molecule has 0 aliphatic rings. The van der Waals surface area contributed by atoms with Gasteiger partial charge in [-0.3, -0.25) is 4.79 Å². The third-order valence-electron chi connectivity index (χ3n) is 2.71. The Hall–Kier alpha value is -1.72. The highest BCUT2D eigenvalue weighted by Gasteiger charge is 2.38. The number of hydrogen-bond acceptors (Lipinski definition) is 2. The van der Waals surface area contributed by atoms with Crippen molar-refractivity contribution in [3.8, 4) is 0 Å². The van der Waals surface area contributed by atoms with Gasteiger partial charge in [0.2, 0.25) is 0 Å². The molecule has 0 fully saturated rings. The molecule has 0 saturated carbocycles. The molecule has 92 valence electrons. The molecule has 17 heavy (non-hydrogen) atoms. The fourth-order valence-electron chi connectivity index (χ4n) is 1.91. The van der Waals surface area contributed by atoms with Gasteiger partial charge in [-0.15, -0.1) is 0 Å². The van der Waals surface area contributed by atoms with E-state index in [2.05, 4.69) is 0 Å². The van der Waals surface area contributed by atoms with Gasteiger partial charge < -0.3 is 8.98 Å². The molecule has 0 bridgehead atoms. The summed E-state index contributed by atoms with van der Waals surface area (Å²) in [6.45, 7) is 2.70. The highest BCUT2D eigenvalue weighted by Crippen LogP contribution is 2.36. The zero-order valence-electron chi connectivity index (χ0n) is 9.47. The standard InChI is InChI=1S/C11H10F3NO2/c1-5-4-7-9(17-5)8(11(12,13)14)6(2)10(16)15(7)3/h4H,1-3H3. The maximum absolute atomic E-state index is 12.9. The van der Waals surface area contributed by atoms with Crippen molar-refractivity contribution in [2.24, 2.45) is 7.05 Å². The molecule has 0 radical (unpaired) electrons. The van der Waals surface area contributed by atoms with E-state index in [4.69, 9.17) is 4.42 Å². The van der Waals surface area contributed by atoms with Crippen LogP contribution in [0.3, 0.4) is 0 Å². The summed E-state index contributed by atoms with van der Waals surface area (Å²) in [5, 5.41) is 0. The quantitative estimate of drug-likeness (QED) is 0.715. The predicted octanol–water partition coefficient (Wildman–Crippen LogP) is 2.77. The maximum Gasteiger partial charge on any atom is 0.420 e. The lowest BCUT2D eigenvalue weighted by Gasteiger charge is -2.11. The molecule has 2 aromatic heterocycles. The molecule has 0 aromatic carbocycles. The fourth-order valence-corrected chi connectivity index (χ4v) is 1.91. The van der Waals surface area contributed by atoms with Gasteiger partial charge in [0.05, 0.1) is 5.52 Å². The predicted molar refractivity (Wildman–Crippen MR) is 55.9 cm³/mol. The van der Waals surface area contributed by atoms with Gasteiger partial charge >= 0.3 is 6.18 Å². The van der Waals surface area contributed by atoms with Gasteiger partial charge in [-0.05, 0) is 13.8 Å². The Labute approximate surface area is 94.5 Å². The first kappa shape index (κ1) is 11.8. The number of aryl methyl sites for hydroxylation is 2. The van der Waals surface area contributed by atoms with Crippen LogP contribution in [0.25, 0.3) is 11.1 Å². The van der Waals surface area contributed by atoms with E-state index in [1.807, 2.05) is 0 Å². The van der Waals surface area contributed by atoms with E-state index < -0.39 is 17.3 Å². The lowest BCUT2D eigenvalue weighted by atomic mass is 10.1. The lowest BCUT2D eigenvalue weighted by Crippen LogP contribution is -2.24. The second kappa shape index (κ2) is 3.38. The van der Waals surface area contributed by atoms with Crippen molar-refractivity contribution >= 4 is 11.1 Å². The van der Waals surface area contributed by atoms with Gasteiger partial charge in [0.25, 0.3) is 5.56 Å². The van der Waals surface area contributed by atoms with Crippen molar-refractivity contribution in [3.05, 3.63) is 33.3 Å². The van der Waals surface area contributed by atoms with Crippen molar-refractivity contribution in [3.63, 3.8) is 0 Å². The highest BCUT2D eigenvalue weighted by molar-refractivity contribution is 5.79. The third-order valence-corrected chi connectivity index (χ3v) is 2.71. The first-order chi connectivity index (χ1) is 7.73. The van der Waals surface area contributed by atoms with Crippen molar-refractivity contribution in [2.75, 3.05) is 0 Å². The summed E-state index contributed by atoms with van der Waals surface area (Å²) in [6.07, 6.45) is -4.60. The largest absolute Gasteiger partial charge is 0.459 e. The van der Waals surface area contributed by atoms with E-state index in [1.165, 1.54) is 13.1 Å². The Kier molecular flexibility index (Phi) is 2.34. The van der Waals surface area contributed by atoms with E-state index in [1.54, 1.807) is 6.92 Å². The average molecular weight is 245 g/mol. The normalized spacial score (nSPS) is 12.4. The van der Waals surface area contributed by atoms with Crippen LogP contribution in [0.5, 0.6) is 0 Å². The SMILES string of the molecule is Cc1cc2c(o1)c(C(F)(F)F)c(C)c(=O)n2C. The second-order valence-electron chi connectivity index (χ2n) is 3.93. The molecule has 0 aliphatic heterocycles. The minimum atomic E-state index is -4.60. The zero-order chi connectivity index (χ0) is 13.0. The Bertz CT molecular complexity index is 649. The maximum atomic E-state index is 12.9. The zero-order valence-corrected chi connectivity index (χ0v) is 9.47. The number of furan rings is 1. The van der Waals surface area contributed by atoms with Crippen LogP contribution in [0, 0.1) is 13.8 Å². The molecule has 0 unspecified atom stereocenters. The molecule has 0 spiro atoms. The molecule has 0 N–H and O–H groups in total. The summed E-state index contributed by atoms with van der Waals surface area (Å²) in [5.41, 5.74) is -2.11. The van der Waals surface area contributed by atoms with Gasteiger partial charge in [-0.25, -0.2) is 0 Å².